The Labute approximate surface area is 141 Å². The van der Waals surface area contributed by atoms with Crippen molar-refractivity contribution in [2.45, 2.75) is 12.4 Å². The largest absolute Gasteiger partial charge is 0.416 e. The van der Waals surface area contributed by atoms with Gasteiger partial charge in [0.25, 0.3) is 11.6 Å². The van der Waals surface area contributed by atoms with E-state index < -0.39 is 39.9 Å². The van der Waals surface area contributed by atoms with E-state index in [4.69, 9.17) is 0 Å². The van der Waals surface area contributed by atoms with Gasteiger partial charge in [-0.2, -0.15) is 26.3 Å². The molecule has 0 spiro atoms. The van der Waals surface area contributed by atoms with Crippen molar-refractivity contribution in [1.82, 2.24) is 0 Å². The molecule has 0 aliphatic carbocycles. The number of rotatable bonds is 3. The minimum Gasteiger partial charge on any atom is -0.322 e. The number of hydrogen-bond donors (Lipinski definition) is 1. The average molecular weight is 378 g/mol. The lowest BCUT2D eigenvalue weighted by Gasteiger charge is -2.14. The van der Waals surface area contributed by atoms with E-state index in [0.717, 1.165) is 24.3 Å². The van der Waals surface area contributed by atoms with E-state index in [0.29, 0.717) is 0 Å². The van der Waals surface area contributed by atoms with E-state index in [1.54, 1.807) is 0 Å². The summed E-state index contributed by atoms with van der Waals surface area (Å²) in [5.74, 6) is -1.23. The highest BCUT2D eigenvalue weighted by molar-refractivity contribution is 6.04. The molecule has 26 heavy (non-hydrogen) atoms. The molecule has 0 saturated heterocycles. The van der Waals surface area contributed by atoms with Gasteiger partial charge in [0.2, 0.25) is 0 Å². The fourth-order valence-electron chi connectivity index (χ4n) is 1.96. The van der Waals surface area contributed by atoms with Crippen molar-refractivity contribution < 1.29 is 36.1 Å². The van der Waals surface area contributed by atoms with Gasteiger partial charge in [0.15, 0.2) is 0 Å². The van der Waals surface area contributed by atoms with Gasteiger partial charge in [0.05, 0.1) is 16.1 Å². The number of nitro benzene ring substituents is 1. The molecule has 0 unspecified atom stereocenters. The van der Waals surface area contributed by atoms with Crippen LogP contribution < -0.4 is 5.32 Å². The molecule has 0 aliphatic heterocycles. The molecule has 0 aliphatic rings. The van der Waals surface area contributed by atoms with Gasteiger partial charge in [0.1, 0.15) is 0 Å². The second-order valence-electron chi connectivity index (χ2n) is 5.05. The first-order valence-electron chi connectivity index (χ1n) is 6.73. The monoisotopic (exact) mass is 378 g/mol. The van der Waals surface area contributed by atoms with E-state index >= 15 is 0 Å². The van der Waals surface area contributed by atoms with Crippen molar-refractivity contribution in [3.63, 3.8) is 0 Å². The van der Waals surface area contributed by atoms with Crippen molar-refractivity contribution in [3.05, 3.63) is 69.3 Å². The molecule has 0 aromatic heterocycles. The lowest BCUT2D eigenvalue weighted by molar-refractivity contribution is -0.384. The maximum absolute atomic E-state index is 12.8. The topological polar surface area (TPSA) is 72.2 Å². The lowest BCUT2D eigenvalue weighted by atomic mass is 10.0. The van der Waals surface area contributed by atoms with Crippen LogP contribution >= 0.6 is 0 Å². The van der Waals surface area contributed by atoms with Crippen LogP contribution in [0.5, 0.6) is 0 Å². The molecule has 2 aromatic rings. The van der Waals surface area contributed by atoms with Crippen LogP contribution in [-0.2, 0) is 12.4 Å². The second kappa shape index (κ2) is 6.65. The molecule has 0 radical (unpaired) electrons. The number of nitrogens with zero attached hydrogens (tertiary/aromatic N) is 1. The molecule has 1 N–H and O–H groups in total. The summed E-state index contributed by atoms with van der Waals surface area (Å²) in [4.78, 5) is 21.8. The summed E-state index contributed by atoms with van der Waals surface area (Å²) >= 11 is 0. The number of carbonyl (C=O) groups is 1. The summed E-state index contributed by atoms with van der Waals surface area (Å²) in [6, 6.07) is 4.70. The zero-order chi connectivity index (χ0) is 19.7. The molecule has 11 heteroatoms. The van der Waals surface area contributed by atoms with Gasteiger partial charge in [-0.3, -0.25) is 14.9 Å². The van der Waals surface area contributed by atoms with E-state index in [9.17, 15) is 41.3 Å². The first-order valence-corrected chi connectivity index (χ1v) is 6.73. The van der Waals surface area contributed by atoms with Gasteiger partial charge in [0, 0.05) is 23.4 Å². The molecule has 0 fully saturated rings. The SMILES string of the molecule is O=C(Nc1ccc([N+](=O)[O-])cc1)c1cc(C(F)(F)F)cc(C(F)(F)F)c1. The van der Waals surface area contributed by atoms with Crippen LogP contribution in [0.4, 0.5) is 37.7 Å². The normalized spacial score (nSPS) is 11.9. The molecule has 0 heterocycles. The lowest BCUT2D eigenvalue weighted by Crippen LogP contribution is -2.17. The fourth-order valence-corrected chi connectivity index (χ4v) is 1.96. The number of halogens is 6. The summed E-state index contributed by atoms with van der Waals surface area (Å²) in [7, 11) is 0. The van der Waals surface area contributed by atoms with Gasteiger partial charge in [-0.25, -0.2) is 0 Å². The summed E-state index contributed by atoms with van der Waals surface area (Å²) in [6.07, 6.45) is -10.2. The number of nitro groups is 1. The number of carbonyl (C=O) groups excluding carboxylic acids is 1. The Kier molecular flexibility index (Phi) is 4.92. The molecule has 0 bridgehead atoms. The van der Waals surface area contributed by atoms with Crippen LogP contribution in [0.1, 0.15) is 21.5 Å². The van der Waals surface area contributed by atoms with Crippen molar-refractivity contribution in [2.24, 2.45) is 0 Å². The van der Waals surface area contributed by atoms with Crippen LogP contribution in [0, 0.1) is 10.1 Å². The highest BCUT2D eigenvalue weighted by Gasteiger charge is 2.37. The van der Waals surface area contributed by atoms with Gasteiger partial charge in [-0.15, -0.1) is 0 Å². The quantitative estimate of drug-likeness (QED) is 0.470. The third-order valence-corrected chi connectivity index (χ3v) is 3.19. The van der Waals surface area contributed by atoms with Gasteiger partial charge in [-0.05, 0) is 30.3 Å². The zero-order valence-electron chi connectivity index (χ0n) is 12.5. The smallest absolute Gasteiger partial charge is 0.322 e. The number of alkyl halides is 6. The Morgan fingerprint density at radius 3 is 1.73 bits per heavy atom. The molecular weight excluding hydrogens is 370 g/mol. The predicted octanol–water partition coefficient (Wildman–Crippen LogP) is 4.88. The van der Waals surface area contributed by atoms with Crippen molar-refractivity contribution in [3.8, 4) is 0 Å². The summed E-state index contributed by atoms with van der Waals surface area (Å²) < 4.78 is 76.7. The first-order chi connectivity index (χ1) is 11.9. The standard InChI is InChI=1S/C15H8F6N2O3/c16-14(17,18)9-5-8(6-10(7-9)15(19,20)21)13(24)22-11-1-3-12(4-2-11)23(25)26/h1-7H,(H,22,24). The third kappa shape index (κ3) is 4.49. The highest BCUT2D eigenvalue weighted by Crippen LogP contribution is 2.36. The molecular formula is C15H8F6N2O3. The van der Waals surface area contributed by atoms with E-state index in [2.05, 4.69) is 5.32 Å². The number of anilines is 1. The van der Waals surface area contributed by atoms with Crippen molar-refractivity contribution in [1.29, 1.82) is 0 Å². The molecule has 2 rings (SSSR count). The van der Waals surface area contributed by atoms with Crippen molar-refractivity contribution >= 4 is 17.3 Å². The third-order valence-electron chi connectivity index (χ3n) is 3.19. The van der Waals surface area contributed by atoms with Crippen LogP contribution in [0.3, 0.4) is 0 Å². The number of nitrogens with one attached hydrogen (secondary N) is 1. The molecule has 5 nitrogen and oxygen atoms in total. The molecule has 0 saturated carbocycles. The Bertz CT molecular complexity index is 812. The Morgan fingerprint density at radius 2 is 1.35 bits per heavy atom. The molecule has 2 aromatic carbocycles. The van der Waals surface area contributed by atoms with Crippen LogP contribution in [0.15, 0.2) is 42.5 Å². The van der Waals surface area contributed by atoms with Crippen LogP contribution in [0.25, 0.3) is 0 Å². The Hall–Kier alpha value is -3.11. The Balaban J connectivity index is 2.37. The fraction of sp³-hybridized carbons (Fsp3) is 0.133. The first kappa shape index (κ1) is 19.2. The zero-order valence-corrected chi connectivity index (χ0v) is 12.5. The van der Waals surface area contributed by atoms with E-state index in [1.807, 2.05) is 0 Å². The Morgan fingerprint density at radius 1 is 0.885 bits per heavy atom. The van der Waals surface area contributed by atoms with E-state index in [-0.39, 0.29) is 29.6 Å². The highest BCUT2D eigenvalue weighted by atomic mass is 19.4. The predicted molar refractivity (Wildman–Crippen MR) is 77.5 cm³/mol. The van der Waals surface area contributed by atoms with E-state index in [1.165, 1.54) is 0 Å². The number of non-ortho nitro benzene ring substituents is 1. The maximum atomic E-state index is 12.8. The summed E-state index contributed by atoms with van der Waals surface area (Å²) in [6.45, 7) is 0. The molecule has 138 valence electrons. The van der Waals surface area contributed by atoms with Gasteiger partial charge < -0.3 is 5.32 Å². The minimum absolute atomic E-state index is 0.0356. The number of hydrogen-bond acceptors (Lipinski definition) is 3. The van der Waals surface area contributed by atoms with Crippen LogP contribution in [0.2, 0.25) is 0 Å². The van der Waals surface area contributed by atoms with Crippen molar-refractivity contribution in [2.75, 3.05) is 5.32 Å². The summed E-state index contributed by atoms with van der Waals surface area (Å²) in [5, 5.41) is 12.6. The summed E-state index contributed by atoms with van der Waals surface area (Å²) in [5.41, 5.74) is -4.44. The molecule has 0 atom stereocenters. The number of benzene rings is 2. The van der Waals surface area contributed by atoms with Crippen LogP contribution in [-0.4, -0.2) is 10.8 Å². The maximum Gasteiger partial charge on any atom is 0.416 e. The minimum atomic E-state index is -5.08. The average Bonchev–Trinajstić information content (AvgIpc) is 2.53. The van der Waals surface area contributed by atoms with Gasteiger partial charge in [-0.1, -0.05) is 0 Å². The molecule has 1 amide bonds. The second-order valence-corrected chi connectivity index (χ2v) is 5.05. The van der Waals surface area contributed by atoms with Gasteiger partial charge >= 0.3 is 12.4 Å². The number of amides is 1.